The molecule has 0 spiro atoms. The SMILES string of the molecule is C=C.C=CCC[C@@H](CC)CN(C)C(=C)CC(NC)C(C)(C)C.C=CNC(CCC)CCCc1ccccc1.C=O.CC.CC.CC.CC.CCC.CCC.CCC.CCC(C)CC.CN. The Kier molecular flexibility index (Phi) is 136. The van der Waals surface area contributed by atoms with Crippen LogP contribution in [0.2, 0.25) is 0 Å². The zero-order chi connectivity index (χ0) is 54.5. The first-order chi connectivity index (χ1) is 31.2. The van der Waals surface area contributed by atoms with Crippen molar-refractivity contribution in [2.45, 2.75) is 254 Å². The lowest BCUT2D eigenvalue weighted by atomic mass is 9.84. The lowest BCUT2D eigenvalue weighted by Gasteiger charge is -2.34. The molecule has 1 rings (SSSR count). The Morgan fingerprint density at radius 2 is 1.12 bits per heavy atom. The van der Waals surface area contributed by atoms with Gasteiger partial charge in [0, 0.05) is 37.8 Å². The molecule has 2 unspecified atom stereocenters. The van der Waals surface area contributed by atoms with Crippen molar-refractivity contribution in [3.63, 3.8) is 0 Å². The molecule has 0 radical (unpaired) electrons. The number of aryl methyl sites for hydroxylation is 1. The second-order valence-corrected chi connectivity index (χ2v) is 15.3. The molecule has 5 heteroatoms. The van der Waals surface area contributed by atoms with Gasteiger partial charge in [-0.05, 0) is 81.6 Å². The van der Waals surface area contributed by atoms with E-state index in [0.717, 1.165) is 31.2 Å². The third-order valence-corrected chi connectivity index (χ3v) is 8.51. The van der Waals surface area contributed by atoms with Gasteiger partial charge in [0.05, 0.1) is 0 Å². The Labute approximate surface area is 417 Å². The molecule has 0 aromatic heterocycles. The summed E-state index contributed by atoms with van der Waals surface area (Å²) in [6.07, 6.45) is 21.0. The van der Waals surface area contributed by atoms with E-state index in [2.05, 4.69) is 188 Å². The minimum Gasteiger partial charge on any atom is -0.389 e. The molecule has 0 saturated carbocycles. The third kappa shape index (κ3) is 96.4. The number of hydrogen-bond acceptors (Lipinski definition) is 5. The van der Waals surface area contributed by atoms with Gasteiger partial charge in [-0.1, -0.05) is 247 Å². The van der Waals surface area contributed by atoms with E-state index in [1.165, 1.54) is 95.4 Å². The van der Waals surface area contributed by atoms with E-state index in [0.29, 0.717) is 12.1 Å². The molecule has 0 aliphatic rings. The second kappa shape index (κ2) is 95.6. The zero-order valence-electron chi connectivity index (χ0n) is 50.1. The molecule has 0 heterocycles. The predicted octanol–water partition coefficient (Wildman–Crippen LogP) is 19.3. The fourth-order valence-electron chi connectivity index (χ4n) is 4.84. The summed E-state index contributed by atoms with van der Waals surface area (Å²) < 4.78 is 0. The van der Waals surface area contributed by atoms with Gasteiger partial charge >= 0.3 is 0 Å². The maximum atomic E-state index is 8.00. The highest BCUT2D eigenvalue weighted by molar-refractivity contribution is 5.14. The molecule has 4 N–H and O–H groups in total. The largest absolute Gasteiger partial charge is 0.389 e. The monoisotopic (exact) mass is 925 g/mol. The van der Waals surface area contributed by atoms with Gasteiger partial charge in [0.15, 0.2) is 0 Å². The quantitative estimate of drug-likeness (QED) is 0.114. The number of allylic oxidation sites excluding steroid dienone is 1. The van der Waals surface area contributed by atoms with Gasteiger partial charge in [-0.2, -0.15) is 0 Å². The number of rotatable bonds is 20. The van der Waals surface area contributed by atoms with Crippen LogP contribution < -0.4 is 16.4 Å². The fraction of sp³-hybridized carbons (Fsp3) is 0.750. The first kappa shape index (κ1) is 92.6. The highest BCUT2D eigenvalue weighted by Crippen LogP contribution is 2.25. The van der Waals surface area contributed by atoms with Gasteiger partial charge in [-0.25, -0.2) is 0 Å². The number of benzene rings is 1. The summed E-state index contributed by atoms with van der Waals surface area (Å²) in [4.78, 5) is 10.3. The lowest BCUT2D eigenvalue weighted by Crippen LogP contribution is -2.40. The second-order valence-electron chi connectivity index (χ2n) is 15.3. The molecular formula is C60H132N4O. The molecule has 65 heavy (non-hydrogen) atoms. The molecule has 1 aromatic rings. The molecule has 0 aliphatic carbocycles. The van der Waals surface area contributed by atoms with Crippen LogP contribution in [0.1, 0.15) is 241 Å². The van der Waals surface area contributed by atoms with Gasteiger partial charge in [-0.3, -0.25) is 0 Å². The highest BCUT2D eigenvalue weighted by atomic mass is 16.1. The molecule has 3 atom stereocenters. The number of nitrogens with two attached hydrogens (primary N) is 1. The van der Waals surface area contributed by atoms with Crippen LogP contribution in [0.5, 0.6) is 0 Å². The Hall–Kier alpha value is -2.63. The maximum absolute atomic E-state index is 8.00. The Bertz CT molecular complexity index is 842. The Morgan fingerprint density at radius 3 is 1.40 bits per heavy atom. The molecule has 1 aromatic carbocycles. The molecule has 0 amide bonds. The summed E-state index contributed by atoms with van der Waals surface area (Å²) in [7, 11) is 5.72. The number of nitrogens with one attached hydrogen (secondary N) is 2. The number of hydrogen-bond donors (Lipinski definition) is 3. The van der Waals surface area contributed by atoms with Gasteiger partial charge in [0.1, 0.15) is 6.79 Å². The van der Waals surface area contributed by atoms with Gasteiger partial charge < -0.3 is 26.1 Å². The summed E-state index contributed by atoms with van der Waals surface area (Å²) in [5.41, 5.74) is 7.43. The van der Waals surface area contributed by atoms with Crippen molar-refractivity contribution in [2.75, 3.05) is 27.7 Å². The molecule has 5 nitrogen and oxygen atoms in total. The highest BCUT2D eigenvalue weighted by Gasteiger charge is 2.24. The predicted molar refractivity (Wildman–Crippen MR) is 315 cm³/mol. The molecule has 0 aliphatic heterocycles. The van der Waals surface area contributed by atoms with Crippen LogP contribution in [0.15, 0.2) is 81.2 Å². The van der Waals surface area contributed by atoms with E-state index < -0.39 is 0 Å². The van der Waals surface area contributed by atoms with E-state index in [1.54, 1.807) is 0 Å². The summed E-state index contributed by atoms with van der Waals surface area (Å²) in [5, 5.41) is 6.76. The minimum absolute atomic E-state index is 0.255. The van der Waals surface area contributed by atoms with Crippen molar-refractivity contribution in [1.82, 2.24) is 15.5 Å². The van der Waals surface area contributed by atoms with Crippen LogP contribution in [0.4, 0.5) is 0 Å². The van der Waals surface area contributed by atoms with Crippen LogP contribution in [0, 0.1) is 17.3 Å². The van der Waals surface area contributed by atoms with Crippen molar-refractivity contribution < 1.29 is 4.79 Å². The zero-order valence-corrected chi connectivity index (χ0v) is 50.1. The van der Waals surface area contributed by atoms with Crippen molar-refractivity contribution in [3.05, 3.63) is 86.8 Å². The smallest absolute Gasteiger partial charge is 0.106 e. The third-order valence-electron chi connectivity index (χ3n) is 8.51. The van der Waals surface area contributed by atoms with Crippen LogP contribution in [0.3, 0.4) is 0 Å². The first-order valence-electron chi connectivity index (χ1n) is 26.6. The first-order valence-corrected chi connectivity index (χ1v) is 26.6. The average Bonchev–Trinajstić information content (AvgIpc) is 3.34. The van der Waals surface area contributed by atoms with E-state index in [9.17, 15) is 0 Å². The van der Waals surface area contributed by atoms with Crippen molar-refractivity contribution in [1.29, 1.82) is 0 Å². The molecule has 0 fully saturated rings. The normalized spacial score (nSPS) is 9.83. The van der Waals surface area contributed by atoms with E-state index >= 15 is 0 Å². The summed E-state index contributed by atoms with van der Waals surface area (Å²) in [5.74, 6) is 1.67. The standard InChI is InChI=1S/C18H36N2.C15H23N.C6H14.3C3H8.4C2H6.C2H4.CH5N.CH2O/c1-9-11-12-16(10-2)14-20(8)15(3)13-17(19-7)18(4,5)6;1-3-9-15(16-4-2)13-8-12-14-10-6-5-7-11-14;1-4-6(3)5-2;3*1-3-2;7*1-2/h9,16-17,19H,1,3,10-14H2,2,4-8H3;4-7,10-11,15-16H,2-3,8-9,12-13H2,1H3;6H,4-5H2,1-3H3;3*3H2,1-2H3;4*1-2H3;1-2H2;2H2,1H3;1H2/t16-,17?;;;;;;;;;;;;/m1............/s1. The topological polar surface area (TPSA) is 70.4 Å². The van der Waals surface area contributed by atoms with Crippen molar-refractivity contribution in [2.24, 2.45) is 23.0 Å². The van der Waals surface area contributed by atoms with Crippen LogP contribution in [-0.4, -0.2) is 51.5 Å². The van der Waals surface area contributed by atoms with Crippen molar-refractivity contribution in [3.8, 4) is 0 Å². The van der Waals surface area contributed by atoms with Crippen molar-refractivity contribution >= 4 is 6.79 Å². The average molecular weight is 926 g/mol. The van der Waals surface area contributed by atoms with E-state index in [-0.39, 0.29) is 5.41 Å². The molecule has 0 bridgehead atoms. The molecule has 398 valence electrons. The number of carbonyl (C=O) groups is 1. The fourth-order valence-corrected chi connectivity index (χ4v) is 4.84. The van der Waals surface area contributed by atoms with Gasteiger partial charge in [0.25, 0.3) is 0 Å². The summed E-state index contributed by atoms with van der Waals surface area (Å²) in [6.45, 7) is 67.8. The number of nitrogens with zero attached hydrogens (tertiary/aromatic N) is 1. The van der Waals surface area contributed by atoms with Gasteiger partial charge in [-0.15, -0.1) is 19.7 Å². The van der Waals surface area contributed by atoms with E-state index in [1.807, 2.05) is 81.5 Å². The summed E-state index contributed by atoms with van der Waals surface area (Å²) in [6, 6.07) is 11.8. The molecular weight excluding hydrogens is 793 g/mol. The molecule has 0 saturated heterocycles. The summed E-state index contributed by atoms with van der Waals surface area (Å²) >= 11 is 0. The lowest BCUT2D eigenvalue weighted by molar-refractivity contribution is -0.0980. The van der Waals surface area contributed by atoms with Crippen LogP contribution in [-0.2, 0) is 11.2 Å². The van der Waals surface area contributed by atoms with Crippen LogP contribution in [0.25, 0.3) is 0 Å². The van der Waals surface area contributed by atoms with Crippen LogP contribution >= 0.6 is 0 Å². The Balaban J connectivity index is -0.0000000552. The minimum atomic E-state index is 0.255. The number of carbonyl (C=O) groups excluding carboxylic acids is 1. The van der Waals surface area contributed by atoms with Gasteiger partial charge in [0.2, 0.25) is 0 Å². The van der Waals surface area contributed by atoms with E-state index in [4.69, 9.17) is 4.79 Å². The maximum Gasteiger partial charge on any atom is 0.106 e. The Morgan fingerprint density at radius 1 is 0.723 bits per heavy atom.